The molecule has 0 aliphatic carbocycles. The molecule has 2 heterocycles. The highest BCUT2D eigenvalue weighted by molar-refractivity contribution is 14.0. The van der Waals surface area contributed by atoms with E-state index in [-0.39, 0.29) is 24.0 Å². The second kappa shape index (κ2) is 10.7. The largest absolute Gasteiger partial charge is 0.493 e. The number of benzene rings is 2. The minimum atomic E-state index is 0. The Labute approximate surface area is 191 Å². The minimum absolute atomic E-state index is 0. The quantitative estimate of drug-likeness (QED) is 0.374. The summed E-state index contributed by atoms with van der Waals surface area (Å²) < 4.78 is 5.78. The van der Waals surface area contributed by atoms with Gasteiger partial charge in [-0.05, 0) is 43.0 Å². The van der Waals surface area contributed by atoms with Crippen LogP contribution in [0.25, 0.3) is 0 Å². The van der Waals surface area contributed by atoms with Crippen molar-refractivity contribution >= 4 is 35.6 Å². The van der Waals surface area contributed by atoms with Crippen molar-refractivity contribution in [2.24, 2.45) is 4.99 Å². The van der Waals surface area contributed by atoms with Crippen LogP contribution in [0.4, 0.5) is 5.69 Å². The van der Waals surface area contributed by atoms with E-state index in [4.69, 9.17) is 4.74 Å². The van der Waals surface area contributed by atoms with Gasteiger partial charge in [0.1, 0.15) is 5.75 Å². The van der Waals surface area contributed by atoms with Crippen molar-refractivity contribution in [3.63, 3.8) is 0 Å². The number of aliphatic imine (C=N–C) groups is 1. The Morgan fingerprint density at radius 2 is 1.76 bits per heavy atom. The molecule has 5 nitrogen and oxygen atoms in total. The maximum atomic E-state index is 5.78. The number of para-hydroxylation sites is 2. The average Bonchev–Trinajstić information content (AvgIpc) is 2.77. The Balaban J connectivity index is 0.00000240. The van der Waals surface area contributed by atoms with E-state index >= 15 is 0 Å². The molecule has 4 rings (SSSR count). The molecule has 1 atom stereocenters. The number of halogens is 1. The lowest BCUT2D eigenvalue weighted by Crippen LogP contribution is -2.49. The monoisotopic (exact) mass is 506 g/mol. The van der Waals surface area contributed by atoms with Gasteiger partial charge in [-0.15, -0.1) is 24.0 Å². The summed E-state index contributed by atoms with van der Waals surface area (Å²) in [7, 11) is 1.85. The number of fused-ring (bicyclic) bond motifs is 1. The van der Waals surface area contributed by atoms with Crippen LogP contribution >= 0.6 is 24.0 Å². The second-order valence-corrected chi connectivity index (χ2v) is 7.57. The number of nitrogens with one attached hydrogen (secondary N) is 2. The first-order valence-corrected chi connectivity index (χ1v) is 10.3. The van der Waals surface area contributed by atoms with E-state index in [2.05, 4.69) is 69.1 Å². The summed E-state index contributed by atoms with van der Waals surface area (Å²) in [6.07, 6.45) is 3.28. The molecule has 0 bridgehead atoms. The fourth-order valence-electron chi connectivity index (χ4n) is 4.16. The fourth-order valence-corrected chi connectivity index (χ4v) is 4.16. The van der Waals surface area contributed by atoms with Gasteiger partial charge in [0.05, 0.1) is 6.61 Å². The molecule has 1 unspecified atom stereocenters. The molecule has 2 aliphatic heterocycles. The maximum Gasteiger partial charge on any atom is 0.191 e. The van der Waals surface area contributed by atoms with Crippen LogP contribution in [-0.4, -0.2) is 45.3 Å². The maximum absolute atomic E-state index is 5.78. The van der Waals surface area contributed by atoms with Crippen molar-refractivity contribution in [1.29, 1.82) is 0 Å². The molecule has 2 N–H and O–H groups in total. The summed E-state index contributed by atoms with van der Waals surface area (Å²) >= 11 is 0. The highest BCUT2D eigenvalue weighted by atomic mass is 127. The first-order chi connectivity index (χ1) is 13.8. The third kappa shape index (κ3) is 5.56. The molecule has 0 radical (unpaired) electrons. The Bertz CT molecular complexity index is 790. The van der Waals surface area contributed by atoms with Crippen molar-refractivity contribution in [2.45, 2.75) is 31.2 Å². The van der Waals surface area contributed by atoms with E-state index in [1.54, 1.807) is 0 Å². The minimum Gasteiger partial charge on any atom is -0.493 e. The van der Waals surface area contributed by atoms with E-state index < -0.39 is 0 Å². The molecular weight excluding hydrogens is 475 g/mol. The van der Waals surface area contributed by atoms with Crippen molar-refractivity contribution in [3.8, 4) is 5.75 Å². The lowest BCUT2D eigenvalue weighted by atomic mass is 9.93. The molecule has 6 heteroatoms. The molecule has 2 aromatic rings. The Morgan fingerprint density at radius 1 is 1.03 bits per heavy atom. The zero-order valence-electron chi connectivity index (χ0n) is 17.0. The van der Waals surface area contributed by atoms with Gasteiger partial charge in [0, 0.05) is 44.3 Å². The van der Waals surface area contributed by atoms with Crippen LogP contribution in [0, 0.1) is 0 Å². The molecule has 1 saturated heterocycles. The summed E-state index contributed by atoms with van der Waals surface area (Å²) in [5, 5.41) is 7.16. The fraction of sp³-hybridized carbons (Fsp3) is 0.435. The van der Waals surface area contributed by atoms with Crippen LogP contribution in [0.15, 0.2) is 59.6 Å². The summed E-state index contributed by atoms with van der Waals surface area (Å²) in [5.74, 6) is 2.39. The van der Waals surface area contributed by atoms with Crippen LogP contribution < -0.4 is 20.3 Å². The molecule has 0 saturated carbocycles. The number of hydrogen-bond donors (Lipinski definition) is 2. The van der Waals surface area contributed by atoms with E-state index in [1.165, 1.54) is 11.3 Å². The normalized spacial score (nSPS) is 19.6. The predicted octanol–water partition coefficient (Wildman–Crippen LogP) is 4.00. The van der Waals surface area contributed by atoms with Gasteiger partial charge in [0.15, 0.2) is 5.96 Å². The number of guanidine groups is 1. The third-order valence-corrected chi connectivity index (χ3v) is 5.78. The molecule has 156 valence electrons. The molecule has 0 aromatic heterocycles. The second-order valence-electron chi connectivity index (χ2n) is 7.57. The lowest BCUT2D eigenvalue weighted by Gasteiger charge is -2.35. The summed E-state index contributed by atoms with van der Waals surface area (Å²) in [4.78, 5) is 6.91. The van der Waals surface area contributed by atoms with Gasteiger partial charge < -0.3 is 20.3 Å². The van der Waals surface area contributed by atoms with Crippen LogP contribution in [0.5, 0.6) is 5.75 Å². The van der Waals surface area contributed by atoms with Gasteiger partial charge in [-0.3, -0.25) is 4.99 Å². The molecule has 0 spiro atoms. The van der Waals surface area contributed by atoms with Gasteiger partial charge in [-0.2, -0.15) is 0 Å². The number of anilines is 1. The smallest absolute Gasteiger partial charge is 0.191 e. The van der Waals surface area contributed by atoms with E-state index in [0.29, 0.717) is 12.0 Å². The first kappa shape index (κ1) is 21.7. The van der Waals surface area contributed by atoms with Crippen molar-refractivity contribution in [2.75, 3.05) is 38.2 Å². The SMILES string of the molecule is CN=C(NCC1CCOc2ccccc21)NC1CCN(c2ccccc2)CC1.I. The Hall–Kier alpha value is -1.96. The Kier molecular flexibility index (Phi) is 8.03. The number of piperidine rings is 1. The summed E-state index contributed by atoms with van der Waals surface area (Å²) in [6, 6.07) is 19.5. The molecular formula is C23H31IN4O. The van der Waals surface area contributed by atoms with E-state index in [0.717, 1.165) is 57.2 Å². The standard InChI is InChI=1S/C23H30N4O.HI/c1-24-23(25-17-18-13-16-28-22-10-6-5-9-21(18)22)26-19-11-14-27(15-12-19)20-7-3-2-4-8-20;/h2-10,18-19H,11-17H2,1H3,(H2,24,25,26);1H. The van der Waals surface area contributed by atoms with Gasteiger partial charge in [-0.1, -0.05) is 36.4 Å². The van der Waals surface area contributed by atoms with Gasteiger partial charge in [0.2, 0.25) is 0 Å². The van der Waals surface area contributed by atoms with Gasteiger partial charge in [-0.25, -0.2) is 0 Å². The first-order valence-electron chi connectivity index (χ1n) is 10.3. The molecule has 2 aliphatic rings. The van der Waals surface area contributed by atoms with Crippen LogP contribution in [0.1, 0.15) is 30.7 Å². The predicted molar refractivity (Wildman–Crippen MR) is 131 cm³/mol. The number of nitrogens with zero attached hydrogens (tertiary/aromatic N) is 2. The zero-order chi connectivity index (χ0) is 19.2. The van der Waals surface area contributed by atoms with Gasteiger partial charge >= 0.3 is 0 Å². The van der Waals surface area contributed by atoms with E-state index in [9.17, 15) is 0 Å². The molecule has 0 amide bonds. The Morgan fingerprint density at radius 3 is 2.52 bits per heavy atom. The number of rotatable bonds is 4. The average molecular weight is 506 g/mol. The summed E-state index contributed by atoms with van der Waals surface area (Å²) in [5.41, 5.74) is 2.62. The molecule has 2 aromatic carbocycles. The van der Waals surface area contributed by atoms with Gasteiger partial charge in [0.25, 0.3) is 0 Å². The van der Waals surface area contributed by atoms with Crippen LogP contribution in [-0.2, 0) is 0 Å². The third-order valence-electron chi connectivity index (χ3n) is 5.78. The summed E-state index contributed by atoms with van der Waals surface area (Å²) in [6.45, 7) is 3.81. The molecule has 1 fully saturated rings. The zero-order valence-corrected chi connectivity index (χ0v) is 19.3. The lowest BCUT2D eigenvalue weighted by molar-refractivity contribution is 0.267. The van der Waals surface area contributed by atoms with Crippen LogP contribution in [0.2, 0.25) is 0 Å². The van der Waals surface area contributed by atoms with E-state index in [1.807, 2.05) is 13.1 Å². The number of hydrogen-bond acceptors (Lipinski definition) is 3. The van der Waals surface area contributed by atoms with Crippen molar-refractivity contribution in [3.05, 3.63) is 60.2 Å². The highest BCUT2D eigenvalue weighted by Crippen LogP contribution is 2.32. The van der Waals surface area contributed by atoms with Crippen molar-refractivity contribution < 1.29 is 4.74 Å². The highest BCUT2D eigenvalue weighted by Gasteiger charge is 2.23. The number of ether oxygens (including phenoxy) is 1. The topological polar surface area (TPSA) is 48.9 Å². The van der Waals surface area contributed by atoms with Crippen molar-refractivity contribution in [1.82, 2.24) is 10.6 Å². The van der Waals surface area contributed by atoms with Crippen LogP contribution in [0.3, 0.4) is 0 Å². The molecule has 29 heavy (non-hydrogen) atoms.